The van der Waals surface area contributed by atoms with Crippen molar-refractivity contribution in [1.29, 1.82) is 0 Å². The Morgan fingerprint density at radius 2 is 1.78 bits per heavy atom. The van der Waals surface area contributed by atoms with Gasteiger partial charge in [-0.2, -0.15) is 0 Å². The number of halogens is 1. The molecule has 5 nitrogen and oxygen atoms in total. The van der Waals surface area contributed by atoms with Crippen LogP contribution in [0.5, 0.6) is 0 Å². The smallest absolute Gasteiger partial charge is 0.241 e. The lowest BCUT2D eigenvalue weighted by molar-refractivity contribution is -0.119. The van der Waals surface area contributed by atoms with E-state index in [1.807, 2.05) is 29.3 Å². The first-order valence-corrected chi connectivity index (χ1v) is 9.58. The van der Waals surface area contributed by atoms with E-state index in [1.54, 1.807) is 0 Å². The lowest BCUT2D eigenvalue weighted by Crippen LogP contribution is -2.43. The summed E-state index contributed by atoms with van der Waals surface area (Å²) in [6.07, 6.45) is 5.02. The fraction of sp³-hybridized carbons (Fsp3) is 0.429. The second-order valence-electron chi connectivity index (χ2n) is 7.08. The van der Waals surface area contributed by atoms with Gasteiger partial charge in [0, 0.05) is 44.6 Å². The van der Waals surface area contributed by atoms with Crippen LogP contribution in [-0.2, 0) is 11.2 Å². The Hall–Kier alpha value is -1.92. The fourth-order valence-electron chi connectivity index (χ4n) is 3.97. The summed E-state index contributed by atoms with van der Waals surface area (Å²) >= 11 is 0. The molecule has 1 aromatic heterocycles. The molecular formula is C21H27BrN4O. The van der Waals surface area contributed by atoms with E-state index in [2.05, 4.69) is 39.0 Å². The molecule has 1 aromatic carbocycles. The number of para-hydroxylation sites is 1. The number of aryl methyl sites for hydroxylation is 1. The van der Waals surface area contributed by atoms with E-state index < -0.39 is 0 Å². The summed E-state index contributed by atoms with van der Waals surface area (Å²) < 4.78 is 0. The maximum atomic E-state index is 13.0. The monoisotopic (exact) mass is 430 g/mol. The lowest BCUT2D eigenvalue weighted by atomic mass is 10.0. The van der Waals surface area contributed by atoms with Gasteiger partial charge < -0.3 is 9.80 Å². The van der Waals surface area contributed by atoms with Crippen LogP contribution >= 0.6 is 17.0 Å². The number of carbonyl (C=O) groups excluding carboxylic acids is 1. The van der Waals surface area contributed by atoms with E-state index in [9.17, 15) is 4.79 Å². The average molecular weight is 431 g/mol. The first-order chi connectivity index (χ1) is 12.8. The zero-order chi connectivity index (χ0) is 17.8. The third kappa shape index (κ3) is 4.68. The summed E-state index contributed by atoms with van der Waals surface area (Å²) in [6, 6.07) is 14.4. The van der Waals surface area contributed by atoms with Crippen molar-refractivity contribution in [1.82, 2.24) is 9.88 Å². The molecule has 1 saturated heterocycles. The molecular weight excluding hydrogens is 404 g/mol. The summed E-state index contributed by atoms with van der Waals surface area (Å²) in [5.74, 6) is 1.26. The standard InChI is InChI=1S/C21H26N4O.BrH/c26-21(25-14-5-8-18-7-1-2-9-19(18)25)17-23-12-6-13-24(16-15-23)20-10-3-4-11-22-20;/h1-4,7,9-11H,5-6,8,12-17H2;1H. The normalized spacial score (nSPS) is 17.6. The van der Waals surface area contributed by atoms with Gasteiger partial charge in [0.05, 0.1) is 6.54 Å². The van der Waals surface area contributed by atoms with Crippen LogP contribution in [0.3, 0.4) is 0 Å². The minimum atomic E-state index is 0. The number of anilines is 2. The van der Waals surface area contributed by atoms with Crippen LogP contribution < -0.4 is 9.80 Å². The zero-order valence-corrected chi connectivity index (χ0v) is 17.3. The SMILES string of the molecule is Br.O=C(CN1CCCN(c2ccccn2)CC1)N1CCCc2ccccc21. The van der Waals surface area contributed by atoms with E-state index in [0.717, 1.165) is 63.5 Å². The number of hydrogen-bond acceptors (Lipinski definition) is 4. The van der Waals surface area contributed by atoms with Crippen LogP contribution in [0.2, 0.25) is 0 Å². The molecule has 6 heteroatoms. The van der Waals surface area contributed by atoms with Gasteiger partial charge in [0.25, 0.3) is 0 Å². The molecule has 1 fully saturated rings. The summed E-state index contributed by atoms with van der Waals surface area (Å²) in [5, 5.41) is 0. The van der Waals surface area contributed by atoms with Crippen LogP contribution in [0.4, 0.5) is 11.5 Å². The van der Waals surface area contributed by atoms with Crippen molar-refractivity contribution in [2.24, 2.45) is 0 Å². The Labute approximate surface area is 171 Å². The maximum absolute atomic E-state index is 13.0. The lowest BCUT2D eigenvalue weighted by Gasteiger charge is -2.31. The molecule has 2 aromatic rings. The van der Waals surface area contributed by atoms with Gasteiger partial charge >= 0.3 is 0 Å². The van der Waals surface area contributed by atoms with Crippen molar-refractivity contribution >= 4 is 34.4 Å². The molecule has 144 valence electrons. The molecule has 0 unspecified atom stereocenters. The van der Waals surface area contributed by atoms with Gasteiger partial charge in [0.1, 0.15) is 5.82 Å². The average Bonchev–Trinajstić information content (AvgIpc) is 2.94. The molecule has 0 saturated carbocycles. The van der Waals surface area contributed by atoms with Crippen molar-refractivity contribution in [2.45, 2.75) is 19.3 Å². The molecule has 3 heterocycles. The van der Waals surface area contributed by atoms with Gasteiger partial charge in [0.2, 0.25) is 5.91 Å². The molecule has 2 aliphatic heterocycles. The summed E-state index contributed by atoms with van der Waals surface area (Å²) in [4.78, 5) is 24.0. The van der Waals surface area contributed by atoms with Gasteiger partial charge in [-0.25, -0.2) is 4.98 Å². The minimum Gasteiger partial charge on any atom is -0.355 e. The summed E-state index contributed by atoms with van der Waals surface area (Å²) in [6.45, 7) is 5.12. The number of nitrogens with zero attached hydrogens (tertiary/aromatic N) is 4. The topological polar surface area (TPSA) is 39.7 Å². The van der Waals surface area contributed by atoms with Crippen molar-refractivity contribution in [3.8, 4) is 0 Å². The predicted octanol–water partition coefficient (Wildman–Crippen LogP) is 3.15. The molecule has 27 heavy (non-hydrogen) atoms. The molecule has 2 aliphatic rings. The van der Waals surface area contributed by atoms with Gasteiger partial charge in [-0.3, -0.25) is 9.69 Å². The van der Waals surface area contributed by atoms with Crippen LogP contribution in [0, 0.1) is 0 Å². The van der Waals surface area contributed by atoms with Gasteiger partial charge in [-0.05, 0) is 43.0 Å². The number of pyridine rings is 1. The molecule has 0 aliphatic carbocycles. The third-order valence-electron chi connectivity index (χ3n) is 5.33. The number of hydrogen-bond donors (Lipinski definition) is 0. The van der Waals surface area contributed by atoms with Crippen LogP contribution in [0.15, 0.2) is 48.7 Å². The highest BCUT2D eigenvalue weighted by molar-refractivity contribution is 8.93. The first kappa shape index (κ1) is 19.8. The van der Waals surface area contributed by atoms with Crippen molar-refractivity contribution in [3.63, 3.8) is 0 Å². The second kappa shape index (κ2) is 9.33. The number of amides is 1. The van der Waals surface area contributed by atoms with Crippen LogP contribution in [0.1, 0.15) is 18.4 Å². The van der Waals surface area contributed by atoms with Gasteiger partial charge in [-0.1, -0.05) is 24.3 Å². The Kier molecular flexibility index (Phi) is 6.85. The van der Waals surface area contributed by atoms with E-state index in [-0.39, 0.29) is 22.9 Å². The van der Waals surface area contributed by atoms with E-state index in [0.29, 0.717) is 6.54 Å². The Morgan fingerprint density at radius 3 is 2.63 bits per heavy atom. The van der Waals surface area contributed by atoms with E-state index >= 15 is 0 Å². The largest absolute Gasteiger partial charge is 0.355 e. The van der Waals surface area contributed by atoms with Crippen LogP contribution in [0.25, 0.3) is 0 Å². The van der Waals surface area contributed by atoms with E-state index in [1.165, 1.54) is 5.56 Å². The molecule has 0 bridgehead atoms. The Morgan fingerprint density at radius 1 is 0.926 bits per heavy atom. The van der Waals surface area contributed by atoms with Crippen LogP contribution in [-0.4, -0.2) is 55.1 Å². The van der Waals surface area contributed by atoms with Crippen molar-refractivity contribution < 1.29 is 4.79 Å². The first-order valence-electron chi connectivity index (χ1n) is 9.58. The van der Waals surface area contributed by atoms with E-state index in [4.69, 9.17) is 0 Å². The molecule has 0 N–H and O–H groups in total. The maximum Gasteiger partial charge on any atom is 0.241 e. The summed E-state index contributed by atoms with van der Waals surface area (Å²) in [5.41, 5.74) is 2.40. The van der Waals surface area contributed by atoms with Crippen molar-refractivity contribution in [2.75, 3.05) is 49.1 Å². The third-order valence-corrected chi connectivity index (χ3v) is 5.33. The van der Waals surface area contributed by atoms with Gasteiger partial charge in [0.15, 0.2) is 0 Å². The molecule has 4 rings (SSSR count). The fourth-order valence-corrected chi connectivity index (χ4v) is 3.97. The molecule has 0 radical (unpaired) electrons. The van der Waals surface area contributed by atoms with Gasteiger partial charge in [-0.15, -0.1) is 17.0 Å². The molecule has 0 atom stereocenters. The number of carbonyl (C=O) groups is 1. The second-order valence-corrected chi connectivity index (χ2v) is 7.08. The minimum absolute atomic E-state index is 0. The zero-order valence-electron chi connectivity index (χ0n) is 15.6. The molecule has 1 amide bonds. The number of benzene rings is 1. The highest BCUT2D eigenvalue weighted by atomic mass is 79.9. The number of fused-ring (bicyclic) bond motifs is 1. The predicted molar refractivity (Wildman–Crippen MR) is 115 cm³/mol. The highest BCUT2D eigenvalue weighted by Crippen LogP contribution is 2.26. The quantitative estimate of drug-likeness (QED) is 0.749. The van der Waals surface area contributed by atoms with Crippen molar-refractivity contribution in [3.05, 3.63) is 54.2 Å². The highest BCUT2D eigenvalue weighted by Gasteiger charge is 2.25. The molecule has 0 spiro atoms. The number of aromatic nitrogens is 1. The summed E-state index contributed by atoms with van der Waals surface area (Å²) in [7, 11) is 0. The Balaban J connectivity index is 0.00000210. The Bertz CT molecular complexity index is 755. The number of rotatable bonds is 3.